The molecule has 2 fully saturated rings. The van der Waals surface area contributed by atoms with Gasteiger partial charge in [-0.1, -0.05) is 30.3 Å². The average molecular weight is 378 g/mol. The maximum absolute atomic E-state index is 13.3. The summed E-state index contributed by atoms with van der Waals surface area (Å²) in [5.74, 6) is 0.463. The third-order valence-electron chi connectivity index (χ3n) is 5.86. The Bertz CT molecular complexity index is 823. The summed E-state index contributed by atoms with van der Waals surface area (Å²) in [4.78, 5) is 31.9. The number of hydrogen-bond donors (Lipinski definition) is 2. The van der Waals surface area contributed by atoms with Crippen LogP contribution in [0.2, 0.25) is 0 Å². The van der Waals surface area contributed by atoms with Gasteiger partial charge in [0.05, 0.1) is 11.0 Å². The Balaban J connectivity index is 1.50. The predicted molar refractivity (Wildman–Crippen MR) is 108 cm³/mol. The summed E-state index contributed by atoms with van der Waals surface area (Å²) >= 11 is 0. The first kappa shape index (κ1) is 18.6. The second kappa shape index (κ2) is 8.10. The Labute approximate surface area is 165 Å². The van der Waals surface area contributed by atoms with Crippen LogP contribution < -0.4 is 10.6 Å². The molecular weight excluding hydrogens is 352 g/mol. The summed E-state index contributed by atoms with van der Waals surface area (Å²) in [6.45, 7) is 3.23. The molecule has 0 unspecified atom stereocenters. The molecule has 2 aromatic rings. The van der Waals surface area contributed by atoms with Crippen LogP contribution in [0.4, 0.5) is 5.82 Å². The minimum atomic E-state index is -0.557. The van der Waals surface area contributed by atoms with Crippen LogP contribution in [0.5, 0.6) is 0 Å². The minimum absolute atomic E-state index is 0.0157. The van der Waals surface area contributed by atoms with Crippen LogP contribution in [0.3, 0.4) is 0 Å². The zero-order chi connectivity index (χ0) is 19.4. The molecule has 3 heterocycles. The Morgan fingerprint density at radius 1 is 1.00 bits per heavy atom. The molecule has 4 rings (SSSR count). The minimum Gasteiger partial charge on any atom is -0.339 e. The number of carbonyl (C=O) groups is 2. The Kier molecular flexibility index (Phi) is 5.39. The topological polar surface area (TPSA) is 74.3 Å². The number of rotatable bonds is 4. The monoisotopic (exact) mass is 378 g/mol. The molecule has 0 radical (unpaired) electrons. The van der Waals surface area contributed by atoms with Crippen molar-refractivity contribution >= 4 is 17.6 Å². The standard InChI is InChI=1S/C22H26N4O2/c27-20(26-14-4-5-15-26)17-8-9-19(24-16-17)25-21(28)22(10-12-23-13-11-22)18-6-2-1-3-7-18/h1-3,6-9,16,23H,4-5,10-15H2,(H,24,25,28). The van der Waals surface area contributed by atoms with Gasteiger partial charge in [-0.25, -0.2) is 4.98 Å². The molecule has 0 bridgehead atoms. The van der Waals surface area contributed by atoms with Gasteiger partial charge >= 0.3 is 0 Å². The van der Waals surface area contributed by atoms with Gasteiger partial charge in [0.25, 0.3) is 5.91 Å². The van der Waals surface area contributed by atoms with E-state index in [0.29, 0.717) is 11.4 Å². The van der Waals surface area contributed by atoms with Crippen LogP contribution in [-0.2, 0) is 10.2 Å². The SMILES string of the molecule is O=C(c1ccc(NC(=O)C2(c3ccccc3)CCNCC2)nc1)N1CCCC1. The van der Waals surface area contributed by atoms with Crippen molar-refractivity contribution < 1.29 is 9.59 Å². The van der Waals surface area contributed by atoms with E-state index in [1.165, 1.54) is 0 Å². The first-order valence-corrected chi connectivity index (χ1v) is 10.0. The van der Waals surface area contributed by atoms with Crippen molar-refractivity contribution in [1.82, 2.24) is 15.2 Å². The molecule has 146 valence electrons. The molecule has 6 nitrogen and oxygen atoms in total. The number of carbonyl (C=O) groups excluding carboxylic acids is 2. The van der Waals surface area contributed by atoms with Crippen LogP contribution in [0, 0.1) is 0 Å². The molecule has 0 saturated carbocycles. The van der Waals surface area contributed by atoms with Crippen LogP contribution in [0.15, 0.2) is 48.7 Å². The molecule has 2 aliphatic heterocycles. The molecule has 2 N–H and O–H groups in total. The second-order valence-electron chi connectivity index (χ2n) is 7.58. The lowest BCUT2D eigenvalue weighted by Crippen LogP contribution is -2.48. The van der Waals surface area contributed by atoms with E-state index in [2.05, 4.69) is 15.6 Å². The molecule has 0 spiro atoms. The van der Waals surface area contributed by atoms with E-state index in [-0.39, 0.29) is 11.8 Å². The lowest BCUT2D eigenvalue weighted by molar-refractivity contribution is -0.122. The molecular formula is C22H26N4O2. The fourth-order valence-electron chi connectivity index (χ4n) is 4.19. The highest BCUT2D eigenvalue weighted by atomic mass is 16.2. The summed E-state index contributed by atoms with van der Waals surface area (Å²) < 4.78 is 0. The molecule has 2 amide bonds. The van der Waals surface area contributed by atoms with Gasteiger partial charge in [0, 0.05) is 19.3 Å². The number of anilines is 1. The normalized spacial score (nSPS) is 18.6. The summed E-state index contributed by atoms with van der Waals surface area (Å²) in [5, 5.41) is 6.32. The lowest BCUT2D eigenvalue weighted by atomic mass is 9.72. The van der Waals surface area contributed by atoms with Crippen molar-refractivity contribution in [3.8, 4) is 0 Å². The smallest absolute Gasteiger partial charge is 0.255 e. The first-order valence-electron chi connectivity index (χ1n) is 10.0. The largest absolute Gasteiger partial charge is 0.339 e. The van der Waals surface area contributed by atoms with E-state index in [1.807, 2.05) is 35.2 Å². The number of aromatic nitrogens is 1. The number of pyridine rings is 1. The highest BCUT2D eigenvalue weighted by Gasteiger charge is 2.41. The third-order valence-corrected chi connectivity index (χ3v) is 5.86. The van der Waals surface area contributed by atoms with Crippen LogP contribution in [-0.4, -0.2) is 47.9 Å². The summed E-state index contributed by atoms with van der Waals surface area (Å²) in [6, 6.07) is 13.4. The molecule has 0 atom stereocenters. The van der Waals surface area contributed by atoms with Crippen molar-refractivity contribution in [1.29, 1.82) is 0 Å². The molecule has 2 saturated heterocycles. The fourth-order valence-corrected chi connectivity index (χ4v) is 4.19. The van der Waals surface area contributed by atoms with Crippen molar-refractivity contribution in [2.45, 2.75) is 31.1 Å². The van der Waals surface area contributed by atoms with Crippen molar-refractivity contribution in [3.05, 3.63) is 59.8 Å². The average Bonchev–Trinajstić information content (AvgIpc) is 3.30. The Morgan fingerprint density at radius 3 is 2.36 bits per heavy atom. The van der Waals surface area contributed by atoms with Gasteiger partial charge < -0.3 is 15.5 Å². The third kappa shape index (κ3) is 3.64. The Hall–Kier alpha value is -2.73. The second-order valence-corrected chi connectivity index (χ2v) is 7.58. The number of benzene rings is 1. The summed E-state index contributed by atoms with van der Waals surface area (Å²) in [6.07, 6.45) is 5.17. The number of piperidine rings is 1. The zero-order valence-electron chi connectivity index (χ0n) is 16.0. The predicted octanol–water partition coefficient (Wildman–Crippen LogP) is 2.58. The number of amides is 2. The van der Waals surface area contributed by atoms with Gasteiger partial charge in [0.1, 0.15) is 5.82 Å². The van der Waals surface area contributed by atoms with Crippen LogP contribution >= 0.6 is 0 Å². The maximum Gasteiger partial charge on any atom is 0.255 e. The fraction of sp³-hybridized carbons (Fsp3) is 0.409. The van der Waals surface area contributed by atoms with Crippen molar-refractivity contribution in [2.24, 2.45) is 0 Å². The van der Waals surface area contributed by atoms with Gasteiger partial charge in [-0.05, 0) is 56.5 Å². The van der Waals surface area contributed by atoms with E-state index in [1.54, 1.807) is 18.3 Å². The molecule has 28 heavy (non-hydrogen) atoms. The molecule has 0 aliphatic carbocycles. The van der Waals surface area contributed by atoms with Gasteiger partial charge in [0.2, 0.25) is 5.91 Å². The number of nitrogens with one attached hydrogen (secondary N) is 2. The summed E-state index contributed by atoms with van der Waals surface area (Å²) in [7, 11) is 0. The quantitative estimate of drug-likeness (QED) is 0.858. The highest BCUT2D eigenvalue weighted by molar-refractivity contribution is 5.99. The van der Waals surface area contributed by atoms with E-state index in [0.717, 1.165) is 57.4 Å². The summed E-state index contributed by atoms with van der Waals surface area (Å²) in [5.41, 5.74) is 1.05. The number of likely N-dealkylation sites (tertiary alicyclic amines) is 1. The molecule has 1 aromatic heterocycles. The molecule has 6 heteroatoms. The van der Waals surface area contributed by atoms with E-state index in [9.17, 15) is 9.59 Å². The maximum atomic E-state index is 13.3. The number of hydrogen-bond acceptors (Lipinski definition) is 4. The number of nitrogens with zero attached hydrogens (tertiary/aromatic N) is 2. The Morgan fingerprint density at radius 2 is 1.71 bits per heavy atom. The van der Waals surface area contributed by atoms with E-state index >= 15 is 0 Å². The van der Waals surface area contributed by atoms with Gasteiger partial charge in [0.15, 0.2) is 0 Å². The lowest BCUT2D eigenvalue weighted by Gasteiger charge is -2.36. The molecule has 2 aliphatic rings. The first-order chi connectivity index (χ1) is 13.7. The van der Waals surface area contributed by atoms with Gasteiger partial charge in [-0.15, -0.1) is 0 Å². The highest BCUT2D eigenvalue weighted by Crippen LogP contribution is 2.34. The zero-order valence-corrected chi connectivity index (χ0v) is 16.0. The van der Waals surface area contributed by atoms with E-state index in [4.69, 9.17) is 0 Å². The van der Waals surface area contributed by atoms with Crippen molar-refractivity contribution in [2.75, 3.05) is 31.5 Å². The van der Waals surface area contributed by atoms with Gasteiger partial charge in [-0.2, -0.15) is 0 Å². The van der Waals surface area contributed by atoms with Crippen LogP contribution in [0.25, 0.3) is 0 Å². The van der Waals surface area contributed by atoms with Crippen molar-refractivity contribution in [3.63, 3.8) is 0 Å². The van der Waals surface area contributed by atoms with E-state index < -0.39 is 5.41 Å². The van der Waals surface area contributed by atoms with Crippen LogP contribution in [0.1, 0.15) is 41.6 Å². The van der Waals surface area contributed by atoms with Gasteiger partial charge in [-0.3, -0.25) is 9.59 Å². The molecule has 1 aromatic carbocycles.